The van der Waals surface area contributed by atoms with E-state index in [0.717, 1.165) is 18.5 Å². The Morgan fingerprint density at radius 3 is 2.72 bits per heavy atom. The quantitative estimate of drug-likeness (QED) is 0.735. The number of hydrogen-bond acceptors (Lipinski definition) is 5. The van der Waals surface area contributed by atoms with Gasteiger partial charge in [0, 0.05) is 57.6 Å². The number of aromatic nitrogens is 2. The molecule has 32 heavy (non-hydrogen) atoms. The molecule has 2 aliphatic rings. The Labute approximate surface area is 187 Å². The van der Waals surface area contributed by atoms with E-state index in [9.17, 15) is 14.4 Å². The highest BCUT2D eigenvalue weighted by atomic mass is 16.5. The summed E-state index contributed by atoms with van der Waals surface area (Å²) in [6.07, 6.45) is 5.14. The normalized spacial score (nSPS) is 19.3. The number of nitrogens with one attached hydrogen (secondary N) is 1. The number of methoxy groups -OCH3 is 1. The lowest BCUT2D eigenvalue weighted by Gasteiger charge is -2.33. The Hall–Kier alpha value is -3.36. The van der Waals surface area contributed by atoms with Gasteiger partial charge in [-0.05, 0) is 30.9 Å². The lowest BCUT2D eigenvalue weighted by Crippen LogP contribution is -2.44. The van der Waals surface area contributed by atoms with Crippen LogP contribution in [0.5, 0.6) is 5.75 Å². The van der Waals surface area contributed by atoms with Crippen LogP contribution in [0.1, 0.15) is 29.6 Å². The number of nitrogens with zero attached hydrogens (tertiary/aromatic N) is 4. The molecule has 0 bridgehead atoms. The van der Waals surface area contributed by atoms with Crippen LogP contribution < -0.4 is 15.0 Å². The van der Waals surface area contributed by atoms with E-state index in [-0.39, 0.29) is 30.1 Å². The number of anilines is 1. The zero-order chi connectivity index (χ0) is 22.7. The van der Waals surface area contributed by atoms with Crippen molar-refractivity contribution in [2.45, 2.75) is 19.3 Å². The van der Waals surface area contributed by atoms with Crippen molar-refractivity contribution in [3.05, 3.63) is 42.2 Å². The summed E-state index contributed by atoms with van der Waals surface area (Å²) >= 11 is 0. The topological polar surface area (TPSA) is 96.8 Å². The first-order chi connectivity index (χ1) is 15.4. The molecule has 3 heterocycles. The predicted molar refractivity (Wildman–Crippen MR) is 118 cm³/mol. The number of carbonyl (C=O) groups excluding carboxylic acids is 3. The lowest BCUT2D eigenvalue weighted by molar-refractivity contribution is -0.137. The number of piperidine rings is 1. The van der Waals surface area contributed by atoms with Crippen LogP contribution in [0.15, 0.2) is 36.7 Å². The van der Waals surface area contributed by atoms with Crippen LogP contribution in [-0.2, 0) is 16.6 Å². The summed E-state index contributed by atoms with van der Waals surface area (Å²) in [5, 5.41) is 6.98. The summed E-state index contributed by atoms with van der Waals surface area (Å²) in [6.45, 7) is 2.28. The maximum Gasteiger partial charge on any atom is 0.254 e. The van der Waals surface area contributed by atoms with Gasteiger partial charge in [0.2, 0.25) is 11.8 Å². The van der Waals surface area contributed by atoms with Gasteiger partial charge in [-0.15, -0.1) is 0 Å². The summed E-state index contributed by atoms with van der Waals surface area (Å²) in [5.41, 5.74) is 1.30. The summed E-state index contributed by atoms with van der Waals surface area (Å²) in [6, 6.07) is 7.35. The SMILES string of the molecule is COc1cccc(N2CC(C(=O)N3CCC(CNC(=O)c4cnn(C)c4)CC3)CC2=O)c1. The molecule has 3 amide bonds. The molecule has 2 saturated heterocycles. The van der Waals surface area contributed by atoms with Crippen molar-refractivity contribution in [1.29, 1.82) is 0 Å². The number of rotatable bonds is 6. The number of amides is 3. The maximum absolute atomic E-state index is 13.0. The molecule has 1 N–H and O–H groups in total. The number of benzene rings is 1. The van der Waals surface area contributed by atoms with Crippen molar-refractivity contribution in [2.24, 2.45) is 18.9 Å². The molecule has 0 radical (unpaired) electrons. The number of aryl methyl sites for hydroxylation is 1. The molecule has 1 aromatic heterocycles. The van der Waals surface area contributed by atoms with E-state index < -0.39 is 0 Å². The Balaban J connectivity index is 1.26. The Morgan fingerprint density at radius 2 is 2.03 bits per heavy atom. The van der Waals surface area contributed by atoms with Gasteiger partial charge < -0.3 is 19.9 Å². The second-order valence-electron chi connectivity index (χ2n) is 8.49. The van der Waals surface area contributed by atoms with Crippen LogP contribution in [0.3, 0.4) is 0 Å². The van der Waals surface area contributed by atoms with Crippen molar-refractivity contribution in [1.82, 2.24) is 20.0 Å². The Morgan fingerprint density at radius 1 is 1.25 bits per heavy atom. The van der Waals surface area contributed by atoms with Gasteiger partial charge in [-0.1, -0.05) is 6.07 Å². The van der Waals surface area contributed by atoms with E-state index in [2.05, 4.69) is 10.4 Å². The fourth-order valence-corrected chi connectivity index (χ4v) is 4.39. The number of hydrogen-bond donors (Lipinski definition) is 1. The lowest BCUT2D eigenvalue weighted by atomic mass is 9.95. The maximum atomic E-state index is 13.0. The van der Waals surface area contributed by atoms with Gasteiger partial charge in [-0.3, -0.25) is 19.1 Å². The van der Waals surface area contributed by atoms with Gasteiger partial charge in [0.05, 0.1) is 24.8 Å². The first-order valence-electron chi connectivity index (χ1n) is 10.9. The molecule has 0 aliphatic carbocycles. The standard InChI is InChI=1S/C23H29N5O4/c1-26-14-18(13-25-26)22(30)24-12-16-6-8-27(9-7-16)23(31)17-10-21(29)28(15-17)19-4-3-5-20(11-19)32-2/h3-5,11,13-14,16-17H,6-10,12,15H2,1-2H3,(H,24,30). The minimum absolute atomic E-state index is 0.0374. The molecule has 4 rings (SSSR count). The Kier molecular flexibility index (Phi) is 6.43. The van der Waals surface area contributed by atoms with Crippen molar-refractivity contribution in [3.63, 3.8) is 0 Å². The van der Waals surface area contributed by atoms with Gasteiger partial charge in [0.25, 0.3) is 5.91 Å². The van der Waals surface area contributed by atoms with Crippen LogP contribution in [0.4, 0.5) is 5.69 Å². The molecule has 2 aromatic rings. The molecule has 1 aromatic carbocycles. The van der Waals surface area contributed by atoms with Gasteiger partial charge in [-0.25, -0.2) is 0 Å². The first kappa shape index (κ1) is 21.9. The molecule has 2 fully saturated rings. The molecule has 1 atom stereocenters. The van der Waals surface area contributed by atoms with Crippen molar-refractivity contribution >= 4 is 23.4 Å². The minimum Gasteiger partial charge on any atom is -0.497 e. The van der Waals surface area contributed by atoms with Crippen LogP contribution in [0.25, 0.3) is 0 Å². The molecule has 1 unspecified atom stereocenters. The van der Waals surface area contributed by atoms with E-state index in [1.54, 1.807) is 36.1 Å². The average molecular weight is 440 g/mol. The van der Waals surface area contributed by atoms with Gasteiger partial charge in [0.15, 0.2) is 0 Å². The second-order valence-corrected chi connectivity index (χ2v) is 8.49. The second kappa shape index (κ2) is 9.42. The Bertz CT molecular complexity index is 996. The average Bonchev–Trinajstić information content (AvgIpc) is 3.43. The van der Waals surface area contributed by atoms with E-state index in [0.29, 0.717) is 43.4 Å². The van der Waals surface area contributed by atoms with Gasteiger partial charge in [0.1, 0.15) is 5.75 Å². The number of likely N-dealkylation sites (tertiary alicyclic amines) is 1. The zero-order valence-electron chi connectivity index (χ0n) is 18.5. The highest BCUT2D eigenvalue weighted by Gasteiger charge is 2.38. The van der Waals surface area contributed by atoms with Crippen molar-refractivity contribution in [2.75, 3.05) is 38.2 Å². The number of carbonyl (C=O) groups is 3. The molecule has 0 saturated carbocycles. The summed E-state index contributed by atoms with van der Waals surface area (Å²) in [7, 11) is 3.36. The highest BCUT2D eigenvalue weighted by Crippen LogP contribution is 2.29. The summed E-state index contributed by atoms with van der Waals surface area (Å²) in [4.78, 5) is 41.3. The third-order valence-corrected chi connectivity index (χ3v) is 6.28. The first-order valence-corrected chi connectivity index (χ1v) is 10.9. The molecular weight excluding hydrogens is 410 g/mol. The summed E-state index contributed by atoms with van der Waals surface area (Å²) < 4.78 is 6.85. The smallest absolute Gasteiger partial charge is 0.254 e. The van der Waals surface area contributed by atoms with E-state index >= 15 is 0 Å². The fraction of sp³-hybridized carbons (Fsp3) is 0.478. The van der Waals surface area contributed by atoms with E-state index in [1.807, 2.05) is 29.2 Å². The third kappa shape index (κ3) is 4.76. The van der Waals surface area contributed by atoms with Crippen LogP contribution in [0.2, 0.25) is 0 Å². The fourth-order valence-electron chi connectivity index (χ4n) is 4.39. The monoisotopic (exact) mass is 439 g/mol. The van der Waals surface area contributed by atoms with Crippen molar-refractivity contribution < 1.29 is 19.1 Å². The van der Waals surface area contributed by atoms with Crippen LogP contribution >= 0.6 is 0 Å². The van der Waals surface area contributed by atoms with E-state index in [4.69, 9.17) is 4.74 Å². The molecule has 9 nitrogen and oxygen atoms in total. The number of ether oxygens (including phenoxy) is 1. The van der Waals surface area contributed by atoms with Crippen LogP contribution in [-0.4, -0.2) is 65.7 Å². The van der Waals surface area contributed by atoms with E-state index in [1.165, 1.54) is 0 Å². The summed E-state index contributed by atoms with van der Waals surface area (Å²) in [5.74, 6) is 0.571. The molecule has 9 heteroatoms. The largest absolute Gasteiger partial charge is 0.497 e. The molecule has 2 aliphatic heterocycles. The van der Waals surface area contributed by atoms with Gasteiger partial charge >= 0.3 is 0 Å². The minimum atomic E-state index is -0.324. The zero-order valence-corrected chi connectivity index (χ0v) is 18.5. The third-order valence-electron chi connectivity index (χ3n) is 6.28. The highest BCUT2D eigenvalue weighted by molar-refractivity contribution is 6.00. The molecular formula is C23H29N5O4. The van der Waals surface area contributed by atoms with Gasteiger partial charge in [-0.2, -0.15) is 5.10 Å². The van der Waals surface area contributed by atoms with Crippen LogP contribution in [0, 0.1) is 11.8 Å². The molecule has 0 spiro atoms. The molecule has 170 valence electrons. The van der Waals surface area contributed by atoms with Crippen molar-refractivity contribution in [3.8, 4) is 5.75 Å². The predicted octanol–water partition coefficient (Wildman–Crippen LogP) is 1.45.